The maximum atomic E-state index is 4.81. The van der Waals surface area contributed by atoms with Crippen molar-refractivity contribution in [3.63, 3.8) is 0 Å². The Morgan fingerprint density at radius 3 is 2.86 bits per heavy atom. The summed E-state index contributed by atoms with van der Waals surface area (Å²) < 4.78 is 3.24. The van der Waals surface area contributed by atoms with Crippen LogP contribution in [0.5, 0.6) is 0 Å². The zero-order valence-electron chi connectivity index (χ0n) is 12.1. The summed E-state index contributed by atoms with van der Waals surface area (Å²) in [5.41, 5.74) is 2.32. The van der Waals surface area contributed by atoms with E-state index in [1.54, 1.807) is 11.3 Å². The Balaban J connectivity index is 1.94. The van der Waals surface area contributed by atoms with Crippen LogP contribution in [0, 0.1) is 0 Å². The summed E-state index contributed by atoms with van der Waals surface area (Å²) >= 11 is 5.27. The first kappa shape index (κ1) is 14.8. The summed E-state index contributed by atoms with van der Waals surface area (Å²) in [5.74, 6) is 0. The third-order valence-corrected chi connectivity index (χ3v) is 5.02. The van der Waals surface area contributed by atoms with E-state index in [0.717, 1.165) is 23.3 Å². The van der Waals surface area contributed by atoms with Crippen molar-refractivity contribution in [2.24, 2.45) is 0 Å². The highest BCUT2D eigenvalue weighted by Crippen LogP contribution is 2.24. The molecule has 0 fully saturated rings. The Labute approximate surface area is 137 Å². The SMILES string of the molecule is CC(C)NCc1nn(Cc2cc(Br)cs2)c2ccccc12. The number of benzene rings is 1. The molecule has 1 aromatic carbocycles. The summed E-state index contributed by atoms with van der Waals surface area (Å²) in [6.45, 7) is 5.93. The standard InChI is InChI=1S/C16H18BrN3S/c1-11(2)18-8-15-14-5-3-4-6-16(14)20(19-15)9-13-7-12(17)10-21-13/h3-7,10-11,18H,8-9H2,1-2H3. The molecule has 2 aromatic heterocycles. The molecular weight excluding hydrogens is 346 g/mol. The van der Waals surface area contributed by atoms with E-state index in [2.05, 4.69) is 75.5 Å². The third-order valence-electron chi connectivity index (χ3n) is 3.34. The Hall–Kier alpha value is -1.17. The van der Waals surface area contributed by atoms with Crippen LogP contribution in [0.4, 0.5) is 0 Å². The molecule has 0 bridgehead atoms. The zero-order valence-corrected chi connectivity index (χ0v) is 14.5. The van der Waals surface area contributed by atoms with Gasteiger partial charge in [0, 0.05) is 32.7 Å². The lowest BCUT2D eigenvalue weighted by Crippen LogP contribution is -2.22. The lowest BCUT2D eigenvalue weighted by molar-refractivity contribution is 0.573. The molecule has 3 rings (SSSR count). The van der Waals surface area contributed by atoms with Crippen molar-refractivity contribution in [2.75, 3.05) is 0 Å². The van der Waals surface area contributed by atoms with Gasteiger partial charge < -0.3 is 5.32 Å². The normalized spacial score (nSPS) is 11.6. The third kappa shape index (κ3) is 3.36. The quantitative estimate of drug-likeness (QED) is 0.727. The Kier molecular flexibility index (Phi) is 4.42. The van der Waals surface area contributed by atoms with E-state index in [-0.39, 0.29) is 0 Å². The number of thiophene rings is 1. The summed E-state index contributed by atoms with van der Waals surface area (Å²) in [6, 6.07) is 11.1. The second-order valence-electron chi connectivity index (χ2n) is 5.39. The first-order chi connectivity index (χ1) is 10.1. The largest absolute Gasteiger partial charge is 0.309 e. The molecular formula is C16H18BrN3S. The van der Waals surface area contributed by atoms with Gasteiger partial charge in [-0.2, -0.15) is 5.10 Å². The van der Waals surface area contributed by atoms with Gasteiger partial charge in [-0.1, -0.05) is 32.0 Å². The van der Waals surface area contributed by atoms with Crippen LogP contribution in [-0.2, 0) is 13.1 Å². The number of nitrogens with zero attached hydrogens (tertiary/aromatic N) is 2. The van der Waals surface area contributed by atoms with Crippen molar-refractivity contribution in [3.05, 3.63) is 50.8 Å². The molecule has 0 aliphatic heterocycles. The lowest BCUT2D eigenvalue weighted by Gasteiger charge is -2.05. The number of para-hydroxylation sites is 1. The van der Waals surface area contributed by atoms with Crippen molar-refractivity contribution >= 4 is 38.2 Å². The van der Waals surface area contributed by atoms with Crippen molar-refractivity contribution < 1.29 is 0 Å². The van der Waals surface area contributed by atoms with Crippen LogP contribution in [0.3, 0.4) is 0 Å². The lowest BCUT2D eigenvalue weighted by atomic mass is 10.2. The van der Waals surface area contributed by atoms with E-state index in [1.807, 2.05) is 0 Å². The molecule has 0 saturated carbocycles. The predicted molar refractivity (Wildman–Crippen MR) is 92.8 cm³/mol. The van der Waals surface area contributed by atoms with Gasteiger partial charge in [0.2, 0.25) is 0 Å². The molecule has 0 saturated heterocycles. The highest BCUT2D eigenvalue weighted by atomic mass is 79.9. The van der Waals surface area contributed by atoms with Crippen LogP contribution in [0.2, 0.25) is 0 Å². The van der Waals surface area contributed by atoms with Gasteiger partial charge in [0.1, 0.15) is 0 Å². The van der Waals surface area contributed by atoms with E-state index in [4.69, 9.17) is 5.10 Å². The minimum atomic E-state index is 0.460. The Morgan fingerprint density at radius 2 is 2.14 bits per heavy atom. The number of hydrogen-bond acceptors (Lipinski definition) is 3. The van der Waals surface area contributed by atoms with Gasteiger partial charge in [-0.15, -0.1) is 11.3 Å². The summed E-state index contributed by atoms with van der Waals surface area (Å²) in [6.07, 6.45) is 0. The van der Waals surface area contributed by atoms with Crippen LogP contribution < -0.4 is 5.32 Å². The van der Waals surface area contributed by atoms with Gasteiger partial charge in [-0.05, 0) is 28.1 Å². The molecule has 0 amide bonds. The van der Waals surface area contributed by atoms with E-state index in [0.29, 0.717) is 6.04 Å². The fraction of sp³-hybridized carbons (Fsp3) is 0.312. The fourth-order valence-corrected chi connectivity index (χ4v) is 3.76. The Bertz CT molecular complexity index is 745. The van der Waals surface area contributed by atoms with Gasteiger partial charge in [-0.25, -0.2) is 0 Å². The number of rotatable bonds is 5. The molecule has 3 nitrogen and oxygen atoms in total. The molecule has 3 aromatic rings. The molecule has 0 spiro atoms. The molecule has 0 aliphatic rings. The summed E-state index contributed by atoms with van der Waals surface area (Å²) in [5, 5.41) is 11.6. The zero-order chi connectivity index (χ0) is 14.8. The van der Waals surface area contributed by atoms with Crippen molar-refractivity contribution in [1.82, 2.24) is 15.1 Å². The molecule has 1 N–H and O–H groups in total. The van der Waals surface area contributed by atoms with E-state index < -0.39 is 0 Å². The number of hydrogen-bond donors (Lipinski definition) is 1. The monoisotopic (exact) mass is 363 g/mol. The topological polar surface area (TPSA) is 29.9 Å². The number of fused-ring (bicyclic) bond motifs is 1. The molecule has 0 radical (unpaired) electrons. The van der Waals surface area contributed by atoms with Gasteiger partial charge in [0.05, 0.1) is 17.8 Å². The van der Waals surface area contributed by atoms with E-state index in [9.17, 15) is 0 Å². The van der Waals surface area contributed by atoms with E-state index >= 15 is 0 Å². The van der Waals surface area contributed by atoms with Crippen molar-refractivity contribution in [2.45, 2.75) is 33.0 Å². The maximum absolute atomic E-state index is 4.81. The Morgan fingerprint density at radius 1 is 1.33 bits per heavy atom. The summed E-state index contributed by atoms with van der Waals surface area (Å²) in [4.78, 5) is 1.30. The average Bonchev–Trinajstić information content (AvgIpc) is 3.02. The number of nitrogens with one attached hydrogen (secondary N) is 1. The maximum Gasteiger partial charge on any atom is 0.0841 e. The molecule has 5 heteroatoms. The van der Waals surface area contributed by atoms with Crippen LogP contribution in [0.15, 0.2) is 40.2 Å². The van der Waals surface area contributed by atoms with Crippen molar-refractivity contribution in [1.29, 1.82) is 0 Å². The molecule has 0 unspecified atom stereocenters. The second-order valence-corrected chi connectivity index (χ2v) is 7.30. The van der Waals surface area contributed by atoms with Crippen LogP contribution in [0.25, 0.3) is 10.9 Å². The van der Waals surface area contributed by atoms with Crippen LogP contribution in [-0.4, -0.2) is 15.8 Å². The highest BCUT2D eigenvalue weighted by molar-refractivity contribution is 9.10. The van der Waals surface area contributed by atoms with Crippen LogP contribution in [0.1, 0.15) is 24.4 Å². The first-order valence-corrected chi connectivity index (χ1v) is 8.71. The van der Waals surface area contributed by atoms with E-state index in [1.165, 1.54) is 15.8 Å². The molecule has 0 aliphatic carbocycles. The second kappa shape index (κ2) is 6.30. The molecule has 0 atom stereocenters. The van der Waals surface area contributed by atoms with Gasteiger partial charge in [0.25, 0.3) is 0 Å². The average molecular weight is 364 g/mol. The smallest absolute Gasteiger partial charge is 0.0841 e. The predicted octanol–water partition coefficient (Wildman–Crippen LogP) is 4.41. The molecule has 110 valence electrons. The highest BCUT2D eigenvalue weighted by Gasteiger charge is 2.11. The van der Waals surface area contributed by atoms with Gasteiger partial charge >= 0.3 is 0 Å². The summed E-state index contributed by atoms with van der Waals surface area (Å²) in [7, 11) is 0. The van der Waals surface area contributed by atoms with Gasteiger partial charge in [-0.3, -0.25) is 4.68 Å². The minimum absolute atomic E-state index is 0.460. The first-order valence-electron chi connectivity index (χ1n) is 7.04. The number of halogens is 1. The fourth-order valence-electron chi connectivity index (χ4n) is 2.33. The van der Waals surface area contributed by atoms with Crippen molar-refractivity contribution in [3.8, 4) is 0 Å². The van der Waals surface area contributed by atoms with Gasteiger partial charge in [0.15, 0.2) is 0 Å². The number of aromatic nitrogens is 2. The molecule has 2 heterocycles. The minimum Gasteiger partial charge on any atom is -0.309 e. The molecule has 21 heavy (non-hydrogen) atoms. The van der Waals surface area contributed by atoms with Crippen LogP contribution >= 0.6 is 27.3 Å².